The van der Waals surface area contributed by atoms with E-state index in [0.717, 1.165) is 31.5 Å². The van der Waals surface area contributed by atoms with Crippen LogP contribution in [-0.2, 0) is 17.8 Å². The van der Waals surface area contributed by atoms with Crippen molar-refractivity contribution in [3.63, 3.8) is 0 Å². The van der Waals surface area contributed by atoms with Crippen molar-refractivity contribution in [3.05, 3.63) is 54.5 Å². The molecule has 22 heavy (non-hydrogen) atoms. The number of hydrogen-bond donors (Lipinski definition) is 1. The zero-order valence-corrected chi connectivity index (χ0v) is 12.5. The molecule has 0 spiro atoms. The van der Waals surface area contributed by atoms with Gasteiger partial charge >= 0.3 is 0 Å². The number of nitrogens with one attached hydrogen (secondary N) is 1. The molecule has 0 fully saturated rings. The van der Waals surface area contributed by atoms with Crippen molar-refractivity contribution in [1.82, 2.24) is 14.8 Å². The van der Waals surface area contributed by atoms with Crippen LogP contribution in [0.15, 0.2) is 48.8 Å². The Morgan fingerprint density at radius 2 is 2.32 bits per heavy atom. The Morgan fingerprint density at radius 1 is 1.36 bits per heavy atom. The Kier molecular flexibility index (Phi) is 4.63. The van der Waals surface area contributed by atoms with Crippen LogP contribution in [0.4, 0.5) is 5.82 Å². The van der Waals surface area contributed by atoms with Gasteiger partial charge in [0, 0.05) is 43.5 Å². The number of carbonyl (C=O) groups is 1. The molecule has 1 atom stereocenters. The fraction of sp³-hybridized carbons (Fsp3) is 0.353. The molecule has 2 aromatic rings. The molecule has 0 unspecified atom stereocenters. The van der Waals surface area contributed by atoms with Gasteiger partial charge in [0.15, 0.2) is 5.82 Å². The minimum atomic E-state index is 0.0338. The first-order chi connectivity index (χ1) is 10.8. The lowest BCUT2D eigenvalue weighted by atomic mass is 10.1. The molecule has 0 saturated heterocycles. The summed E-state index contributed by atoms with van der Waals surface area (Å²) in [6.07, 6.45) is 11.5. The van der Waals surface area contributed by atoms with Crippen LogP contribution < -0.4 is 5.32 Å². The summed E-state index contributed by atoms with van der Waals surface area (Å²) in [5.74, 6) is 1.03. The van der Waals surface area contributed by atoms with E-state index < -0.39 is 0 Å². The second-order valence-corrected chi connectivity index (χ2v) is 5.55. The molecule has 0 bridgehead atoms. The first kappa shape index (κ1) is 14.5. The summed E-state index contributed by atoms with van der Waals surface area (Å²) in [5.41, 5.74) is 1.04. The van der Waals surface area contributed by atoms with E-state index in [4.69, 9.17) is 0 Å². The van der Waals surface area contributed by atoms with Crippen LogP contribution in [-0.4, -0.2) is 20.7 Å². The van der Waals surface area contributed by atoms with E-state index in [-0.39, 0.29) is 5.91 Å². The molecule has 0 saturated carbocycles. The Labute approximate surface area is 130 Å². The Morgan fingerprint density at radius 3 is 3.09 bits per heavy atom. The summed E-state index contributed by atoms with van der Waals surface area (Å²) < 4.78 is 1.83. The van der Waals surface area contributed by atoms with Crippen molar-refractivity contribution in [2.75, 3.05) is 5.32 Å². The van der Waals surface area contributed by atoms with Gasteiger partial charge in [0.25, 0.3) is 0 Å². The fourth-order valence-corrected chi connectivity index (χ4v) is 2.63. The summed E-state index contributed by atoms with van der Waals surface area (Å²) in [7, 11) is 0. The average molecular weight is 296 g/mol. The molecule has 3 rings (SSSR count). The first-order valence-corrected chi connectivity index (χ1v) is 7.69. The quantitative estimate of drug-likeness (QED) is 0.834. The lowest BCUT2D eigenvalue weighted by molar-refractivity contribution is -0.116. The summed E-state index contributed by atoms with van der Waals surface area (Å²) in [4.78, 5) is 16.2. The van der Waals surface area contributed by atoms with Gasteiger partial charge in [0.05, 0.1) is 0 Å². The third-order valence-electron chi connectivity index (χ3n) is 3.79. The van der Waals surface area contributed by atoms with Crippen LogP contribution >= 0.6 is 0 Å². The van der Waals surface area contributed by atoms with E-state index in [0.29, 0.717) is 18.2 Å². The molecule has 1 aliphatic carbocycles. The molecular weight excluding hydrogens is 276 g/mol. The second-order valence-electron chi connectivity index (χ2n) is 5.55. The van der Waals surface area contributed by atoms with E-state index in [2.05, 4.69) is 27.6 Å². The highest BCUT2D eigenvalue weighted by molar-refractivity contribution is 5.89. The van der Waals surface area contributed by atoms with Crippen LogP contribution in [0.5, 0.6) is 0 Å². The Balaban J connectivity index is 1.48. The van der Waals surface area contributed by atoms with E-state index in [9.17, 15) is 4.79 Å². The van der Waals surface area contributed by atoms with Gasteiger partial charge in [0.2, 0.25) is 5.91 Å². The van der Waals surface area contributed by atoms with Crippen LogP contribution in [0.2, 0.25) is 0 Å². The summed E-state index contributed by atoms with van der Waals surface area (Å²) in [6, 6.07) is 7.72. The molecule has 5 nitrogen and oxygen atoms in total. The number of aromatic nitrogens is 3. The van der Waals surface area contributed by atoms with Crippen molar-refractivity contribution in [2.45, 2.75) is 32.2 Å². The summed E-state index contributed by atoms with van der Waals surface area (Å²) in [6.45, 7) is 0.748. The molecule has 2 heterocycles. The van der Waals surface area contributed by atoms with Gasteiger partial charge in [-0.25, -0.2) is 0 Å². The smallest absolute Gasteiger partial charge is 0.226 e. The molecular formula is C17H20N4O. The Bertz CT molecular complexity index is 648. The molecule has 0 aliphatic heterocycles. The maximum absolute atomic E-state index is 12.0. The monoisotopic (exact) mass is 296 g/mol. The number of aryl methyl sites for hydroxylation is 2. The third kappa shape index (κ3) is 4.04. The molecule has 0 radical (unpaired) electrons. The second kappa shape index (κ2) is 7.02. The van der Waals surface area contributed by atoms with E-state index in [1.54, 1.807) is 6.20 Å². The molecule has 1 aliphatic rings. The van der Waals surface area contributed by atoms with Crippen LogP contribution in [0.1, 0.15) is 25.0 Å². The SMILES string of the molecule is O=C(C[C@H]1C=CCC1)Nc1ccn(CCc2ccccn2)n1. The molecule has 0 aromatic carbocycles. The van der Waals surface area contributed by atoms with Crippen molar-refractivity contribution in [2.24, 2.45) is 5.92 Å². The molecule has 2 aromatic heterocycles. The molecule has 1 N–H and O–H groups in total. The predicted molar refractivity (Wildman–Crippen MR) is 85.3 cm³/mol. The third-order valence-corrected chi connectivity index (χ3v) is 3.79. The molecule has 1 amide bonds. The largest absolute Gasteiger partial charge is 0.309 e. The predicted octanol–water partition coefficient (Wildman–Crippen LogP) is 2.82. The first-order valence-electron chi connectivity index (χ1n) is 7.69. The lowest BCUT2D eigenvalue weighted by Crippen LogP contribution is -2.15. The number of nitrogens with zero attached hydrogens (tertiary/aromatic N) is 3. The number of allylic oxidation sites excluding steroid dienone is 2. The van der Waals surface area contributed by atoms with Crippen LogP contribution in [0.25, 0.3) is 0 Å². The van der Waals surface area contributed by atoms with Crippen molar-refractivity contribution in [3.8, 4) is 0 Å². The number of hydrogen-bond acceptors (Lipinski definition) is 3. The number of pyridine rings is 1. The lowest BCUT2D eigenvalue weighted by Gasteiger charge is -2.06. The standard InChI is InChI=1S/C17H20N4O/c22-17(13-14-5-1-2-6-14)19-16-9-12-21(20-16)11-8-15-7-3-4-10-18-15/h1,3-5,7,9-10,12,14H,2,6,8,11,13H2,(H,19,20,22)/t14-/m0/s1. The number of rotatable bonds is 6. The van der Waals surface area contributed by atoms with Crippen molar-refractivity contribution < 1.29 is 4.79 Å². The maximum atomic E-state index is 12.0. The van der Waals surface area contributed by atoms with Gasteiger partial charge in [-0.05, 0) is 30.9 Å². The number of amides is 1. The van der Waals surface area contributed by atoms with E-state index in [1.807, 2.05) is 35.1 Å². The topological polar surface area (TPSA) is 59.8 Å². The molecule has 5 heteroatoms. The van der Waals surface area contributed by atoms with Crippen molar-refractivity contribution >= 4 is 11.7 Å². The van der Waals surface area contributed by atoms with Gasteiger partial charge in [-0.2, -0.15) is 5.10 Å². The van der Waals surface area contributed by atoms with E-state index in [1.165, 1.54) is 0 Å². The van der Waals surface area contributed by atoms with Gasteiger partial charge in [-0.3, -0.25) is 14.5 Å². The van der Waals surface area contributed by atoms with Gasteiger partial charge < -0.3 is 5.32 Å². The number of anilines is 1. The van der Waals surface area contributed by atoms with Gasteiger partial charge in [-0.1, -0.05) is 18.2 Å². The average Bonchev–Trinajstić information content (AvgIpc) is 3.18. The summed E-state index contributed by atoms with van der Waals surface area (Å²) in [5, 5.41) is 7.25. The fourth-order valence-electron chi connectivity index (χ4n) is 2.63. The van der Waals surface area contributed by atoms with Crippen LogP contribution in [0, 0.1) is 5.92 Å². The normalized spacial score (nSPS) is 16.8. The number of carbonyl (C=O) groups excluding carboxylic acids is 1. The van der Waals surface area contributed by atoms with E-state index >= 15 is 0 Å². The Hall–Kier alpha value is -2.43. The highest BCUT2D eigenvalue weighted by atomic mass is 16.1. The van der Waals surface area contributed by atoms with Crippen molar-refractivity contribution in [1.29, 1.82) is 0 Å². The summed E-state index contributed by atoms with van der Waals surface area (Å²) >= 11 is 0. The highest BCUT2D eigenvalue weighted by Gasteiger charge is 2.14. The minimum absolute atomic E-state index is 0.0338. The zero-order valence-electron chi connectivity index (χ0n) is 12.5. The maximum Gasteiger partial charge on any atom is 0.226 e. The van der Waals surface area contributed by atoms with Gasteiger partial charge in [0.1, 0.15) is 0 Å². The molecule has 114 valence electrons. The van der Waals surface area contributed by atoms with Crippen LogP contribution in [0.3, 0.4) is 0 Å². The minimum Gasteiger partial charge on any atom is -0.309 e. The zero-order chi connectivity index (χ0) is 15.2. The highest BCUT2D eigenvalue weighted by Crippen LogP contribution is 2.20. The van der Waals surface area contributed by atoms with Gasteiger partial charge in [-0.15, -0.1) is 0 Å².